The number of carbonyl (C=O) groups is 2. The van der Waals surface area contributed by atoms with Crippen LogP contribution in [0, 0.1) is 12.7 Å². The Morgan fingerprint density at radius 1 is 1.24 bits per heavy atom. The number of H-pyrrole nitrogens is 1. The number of halogens is 2. The molecule has 1 amide bonds. The Balaban J connectivity index is 1.82. The topological polar surface area (TPSA) is 74.8 Å². The second kappa shape index (κ2) is 6.98. The van der Waals surface area contributed by atoms with Gasteiger partial charge in [0.05, 0.1) is 5.56 Å². The predicted octanol–water partition coefficient (Wildman–Crippen LogP) is 4.10. The van der Waals surface area contributed by atoms with Crippen molar-refractivity contribution in [2.45, 2.75) is 6.92 Å². The molecule has 126 valence electrons. The highest BCUT2D eigenvalue weighted by atomic mass is 79.9. The molecule has 25 heavy (non-hydrogen) atoms. The third-order valence-electron chi connectivity index (χ3n) is 3.53. The third-order valence-corrected chi connectivity index (χ3v) is 4.20. The SMILES string of the molecule is Cc1cc(NC(=O)c2cc(C(=O)c3c(F)cccc3Br)c[nH]2)ccn1. The van der Waals surface area contributed by atoms with Crippen LogP contribution in [0.4, 0.5) is 10.1 Å². The molecule has 0 aliphatic heterocycles. The zero-order valence-corrected chi connectivity index (χ0v) is 14.7. The zero-order valence-electron chi connectivity index (χ0n) is 13.1. The van der Waals surface area contributed by atoms with Gasteiger partial charge < -0.3 is 10.3 Å². The van der Waals surface area contributed by atoms with Crippen molar-refractivity contribution < 1.29 is 14.0 Å². The Morgan fingerprint density at radius 3 is 2.76 bits per heavy atom. The van der Waals surface area contributed by atoms with Gasteiger partial charge >= 0.3 is 0 Å². The molecule has 5 nitrogen and oxygen atoms in total. The number of aryl methyl sites for hydroxylation is 1. The summed E-state index contributed by atoms with van der Waals surface area (Å²) in [7, 11) is 0. The number of anilines is 1. The van der Waals surface area contributed by atoms with Crippen LogP contribution < -0.4 is 5.32 Å². The van der Waals surface area contributed by atoms with Gasteiger partial charge in [-0.05, 0) is 53.2 Å². The Kier molecular flexibility index (Phi) is 4.76. The fraction of sp³-hybridized carbons (Fsp3) is 0.0556. The average Bonchev–Trinajstić information content (AvgIpc) is 3.04. The number of amides is 1. The fourth-order valence-electron chi connectivity index (χ4n) is 2.34. The van der Waals surface area contributed by atoms with Gasteiger partial charge in [-0.25, -0.2) is 4.39 Å². The van der Waals surface area contributed by atoms with Gasteiger partial charge in [0.25, 0.3) is 5.91 Å². The predicted molar refractivity (Wildman–Crippen MR) is 95.3 cm³/mol. The first-order valence-electron chi connectivity index (χ1n) is 7.37. The number of hydrogen-bond acceptors (Lipinski definition) is 3. The summed E-state index contributed by atoms with van der Waals surface area (Å²) < 4.78 is 14.3. The first kappa shape index (κ1) is 17.0. The van der Waals surface area contributed by atoms with Gasteiger partial charge in [-0.2, -0.15) is 0 Å². The second-order valence-corrected chi connectivity index (χ2v) is 6.22. The van der Waals surface area contributed by atoms with Crippen molar-refractivity contribution in [3.8, 4) is 0 Å². The molecule has 1 aromatic carbocycles. The van der Waals surface area contributed by atoms with E-state index in [0.29, 0.717) is 10.2 Å². The monoisotopic (exact) mass is 401 g/mol. The summed E-state index contributed by atoms with van der Waals surface area (Å²) in [4.78, 5) is 31.6. The van der Waals surface area contributed by atoms with Gasteiger partial charge in [-0.1, -0.05) is 6.07 Å². The number of rotatable bonds is 4. The number of aromatic amines is 1. The highest BCUT2D eigenvalue weighted by Crippen LogP contribution is 2.23. The number of hydrogen-bond donors (Lipinski definition) is 2. The van der Waals surface area contributed by atoms with E-state index in [-0.39, 0.29) is 16.8 Å². The lowest BCUT2D eigenvalue weighted by atomic mass is 10.1. The molecule has 2 heterocycles. The molecular formula is C18H13BrFN3O2. The number of nitrogens with one attached hydrogen (secondary N) is 2. The van der Waals surface area contributed by atoms with Gasteiger partial charge in [0.15, 0.2) is 5.78 Å². The van der Waals surface area contributed by atoms with E-state index < -0.39 is 17.5 Å². The van der Waals surface area contributed by atoms with Gasteiger partial charge in [0.1, 0.15) is 11.5 Å². The minimum Gasteiger partial charge on any atom is -0.356 e. The summed E-state index contributed by atoms with van der Waals surface area (Å²) in [5.74, 6) is -1.55. The van der Waals surface area contributed by atoms with E-state index in [9.17, 15) is 14.0 Å². The molecule has 3 rings (SSSR count). The number of benzene rings is 1. The number of pyridine rings is 1. The van der Waals surface area contributed by atoms with Crippen LogP contribution in [-0.4, -0.2) is 21.7 Å². The Hall–Kier alpha value is -2.80. The van der Waals surface area contributed by atoms with Crippen LogP contribution >= 0.6 is 15.9 Å². The van der Waals surface area contributed by atoms with Crippen LogP contribution in [0.2, 0.25) is 0 Å². The minimum atomic E-state index is -0.626. The summed E-state index contributed by atoms with van der Waals surface area (Å²) in [5.41, 5.74) is 1.69. The highest BCUT2D eigenvalue weighted by Gasteiger charge is 2.20. The van der Waals surface area contributed by atoms with Gasteiger partial charge in [-0.15, -0.1) is 0 Å². The molecule has 0 bridgehead atoms. The summed E-state index contributed by atoms with van der Waals surface area (Å²) in [6.45, 7) is 1.81. The third kappa shape index (κ3) is 3.66. The van der Waals surface area contributed by atoms with Crippen LogP contribution in [0.5, 0.6) is 0 Å². The molecule has 2 N–H and O–H groups in total. The van der Waals surface area contributed by atoms with E-state index in [0.717, 1.165) is 5.69 Å². The zero-order chi connectivity index (χ0) is 18.0. The number of carbonyl (C=O) groups excluding carboxylic acids is 2. The summed E-state index contributed by atoms with van der Waals surface area (Å²) in [5, 5.41) is 2.71. The molecule has 2 aromatic heterocycles. The van der Waals surface area contributed by atoms with E-state index in [2.05, 4.69) is 31.2 Å². The molecule has 3 aromatic rings. The van der Waals surface area contributed by atoms with Crippen molar-refractivity contribution >= 4 is 33.3 Å². The summed E-state index contributed by atoms with van der Waals surface area (Å²) in [6.07, 6.45) is 2.97. The molecule has 0 saturated carbocycles. The van der Waals surface area contributed by atoms with E-state index in [1.54, 1.807) is 24.4 Å². The van der Waals surface area contributed by atoms with Crippen LogP contribution in [-0.2, 0) is 0 Å². The van der Waals surface area contributed by atoms with Crippen molar-refractivity contribution in [1.29, 1.82) is 0 Å². The summed E-state index contributed by atoms with van der Waals surface area (Å²) in [6, 6.07) is 9.08. The molecule has 0 saturated heterocycles. The Labute approximate surface area is 151 Å². The van der Waals surface area contributed by atoms with E-state index >= 15 is 0 Å². The molecule has 0 aliphatic carbocycles. The lowest BCUT2D eigenvalue weighted by Gasteiger charge is -2.04. The molecule has 0 fully saturated rings. The standard InChI is InChI=1S/C18H13BrFN3O2/c1-10-7-12(5-6-21-10)23-18(25)15-8-11(9-22-15)17(24)16-13(19)3-2-4-14(16)20/h2-9,22H,1H3,(H,21,23,25). The van der Waals surface area contributed by atoms with Crippen LogP contribution in [0.1, 0.15) is 32.1 Å². The van der Waals surface area contributed by atoms with Crippen molar-refractivity contribution in [2.24, 2.45) is 0 Å². The van der Waals surface area contributed by atoms with Gasteiger partial charge in [0, 0.05) is 33.8 Å². The first-order valence-corrected chi connectivity index (χ1v) is 8.16. The van der Waals surface area contributed by atoms with E-state index in [1.165, 1.54) is 24.4 Å². The highest BCUT2D eigenvalue weighted by molar-refractivity contribution is 9.10. The number of aromatic nitrogens is 2. The van der Waals surface area contributed by atoms with Crippen LogP contribution in [0.25, 0.3) is 0 Å². The minimum absolute atomic E-state index is 0.0711. The smallest absolute Gasteiger partial charge is 0.272 e. The molecule has 7 heteroatoms. The maximum Gasteiger partial charge on any atom is 0.272 e. The maximum atomic E-state index is 13.9. The lowest BCUT2D eigenvalue weighted by Crippen LogP contribution is -2.12. The van der Waals surface area contributed by atoms with Gasteiger partial charge in [0.2, 0.25) is 0 Å². The number of ketones is 1. The van der Waals surface area contributed by atoms with Crippen LogP contribution in [0.15, 0.2) is 53.3 Å². The fourth-order valence-corrected chi connectivity index (χ4v) is 2.86. The quantitative estimate of drug-likeness (QED) is 0.646. The van der Waals surface area contributed by atoms with Crippen molar-refractivity contribution in [2.75, 3.05) is 5.32 Å². The molecular weight excluding hydrogens is 389 g/mol. The number of nitrogens with zero attached hydrogens (tertiary/aromatic N) is 1. The van der Waals surface area contributed by atoms with Crippen molar-refractivity contribution in [1.82, 2.24) is 9.97 Å². The molecule has 0 radical (unpaired) electrons. The first-order chi connectivity index (χ1) is 12.0. The Bertz CT molecular complexity index is 948. The van der Waals surface area contributed by atoms with Crippen molar-refractivity contribution in [3.05, 3.63) is 81.6 Å². The molecule has 0 unspecified atom stereocenters. The van der Waals surface area contributed by atoms with E-state index in [4.69, 9.17) is 0 Å². The normalized spacial score (nSPS) is 10.5. The molecule has 0 aliphatic rings. The summed E-state index contributed by atoms with van der Waals surface area (Å²) >= 11 is 3.18. The maximum absolute atomic E-state index is 13.9. The van der Waals surface area contributed by atoms with Crippen LogP contribution in [0.3, 0.4) is 0 Å². The largest absolute Gasteiger partial charge is 0.356 e. The lowest BCUT2D eigenvalue weighted by molar-refractivity contribution is 0.102. The van der Waals surface area contributed by atoms with Crippen molar-refractivity contribution in [3.63, 3.8) is 0 Å². The second-order valence-electron chi connectivity index (χ2n) is 5.37. The average molecular weight is 402 g/mol. The molecule has 0 atom stereocenters. The molecule has 0 spiro atoms. The Morgan fingerprint density at radius 2 is 2.04 bits per heavy atom. The van der Waals surface area contributed by atoms with Gasteiger partial charge in [-0.3, -0.25) is 14.6 Å². The van der Waals surface area contributed by atoms with E-state index in [1.807, 2.05) is 6.92 Å².